The third-order valence-corrected chi connectivity index (χ3v) is 5.87. The number of nitrogens with zero attached hydrogens (tertiary/aromatic N) is 2. The number of aliphatic imine (C=N–C) groups is 1. The van der Waals surface area contributed by atoms with Crippen LogP contribution in [0.4, 0.5) is 11.4 Å². The fourth-order valence-electron chi connectivity index (χ4n) is 2.65. The molecular formula is C20H20IN3OS. The average Bonchev–Trinajstić information content (AvgIpc) is 2.98. The molecule has 0 spiro atoms. The van der Waals surface area contributed by atoms with Crippen molar-refractivity contribution in [3.05, 3.63) is 62.6 Å². The molecule has 2 aromatic carbocycles. The molecule has 0 radical (unpaired) electrons. The summed E-state index contributed by atoms with van der Waals surface area (Å²) < 4.78 is 1.05. The van der Waals surface area contributed by atoms with Gasteiger partial charge < -0.3 is 10.2 Å². The first-order valence-corrected chi connectivity index (χ1v) is 10.4. The van der Waals surface area contributed by atoms with Crippen molar-refractivity contribution in [1.82, 2.24) is 5.32 Å². The van der Waals surface area contributed by atoms with Crippen LogP contribution < -0.4 is 10.2 Å². The number of para-hydroxylation sites is 1. The van der Waals surface area contributed by atoms with Crippen LogP contribution in [0.2, 0.25) is 0 Å². The summed E-state index contributed by atoms with van der Waals surface area (Å²) in [5, 5.41) is 3.46. The molecular weight excluding hydrogens is 457 g/mol. The molecule has 4 nitrogen and oxygen atoms in total. The molecule has 1 N–H and O–H groups in total. The molecule has 3 rings (SSSR count). The van der Waals surface area contributed by atoms with E-state index in [2.05, 4.69) is 63.8 Å². The van der Waals surface area contributed by atoms with Crippen LogP contribution in [0.1, 0.15) is 19.4 Å². The molecule has 1 aliphatic rings. The highest BCUT2D eigenvalue weighted by Gasteiger charge is 2.24. The molecule has 1 aliphatic heterocycles. The van der Waals surface area contributed by atoms with Gasteiger partial charge in [-0.15, -0.1) is 0 Å². The molecule has 1 amide bonds. The Morgan fingerprint density at radius 1 is 1.12 bits per heavy atom. The predicted molar refractivity (Wildman–Crippen MR) is 120 cm³/mol. The minimum Gasteiger partial charge on any atom is -0.372 e. The Hall–Kier alpha value is -1.80. The number of carbonyl (C=O) groups excluding carboxylic acids is 1. The number of thioether (sulfide) groups is 1. The highest BCUT2D eigenvalue weighted by molar-refractivity contribution is 14.1. The Bertz CT molecular complexity index is 858. The predicted octanol–water partition coefficient (Wildman–Crippen LogP) is 5.03. The number of carbonyl (C=O) groups is 1. The summed E-state index contributed by atoms with van der Waals surface area (Å²) in [5.74, 6) is -0.104. The quantitative estimate of drug-likeness (QED) is 0.486. The molecule has 26 heavy (non-hydrogen) atoms. The van der Waals surface area contributed by atoms with Crippen LogP contribution in [0.25, 0.3) is 6.08 Å². The highest BCUT2D eigenvalue weighted by Crippen LogP contribution is 2.30. The van der Waals surface area contributed by atoms with Gasteiger partial charge >= 0.3 is 0 Å². The van der Waals surface area contributed by atoms with E-state index in [0.717, 1.165) is 27.9 Å². The molecule has 6 heteroatoms. The normalized spacial score (nSPS) is 17.0. The number of halogens is 1. The van der Waals surface area contributed by atoms with Crippen LogP contribution in [0.15, 0.2) is 58.4 Å². The Labute approximate surface area is 171 Å². The van der Waals surface area contributed by atoms with E-state index >= 15 is 0 Å². The third-order valence-electron chi connectivity index (χ3n) is 4.04. The van der Waals surface area contributed by atoms with Crippen LogP contribution >= 0.6 is 34.4 Å². The summed E-state index contributed by atoms with van der Waals surface area (Å²) in [4.78, 5) is 19.7. The summed E-state index contributed by atoms with van der Waals surface area (Å²) in [5.41, 5.74) is 3.07. The largest absolute Gasteiger partial charge is 0.372 e. The van der Waals surface area contributed by atoms with E-state index in [0.29, 0.717) is 10.1 Å². The first-order valence-electron chi connectivity index (χ1n) is 8.49. The van der Waals surface area contributed by atoms with E-state index in [1.54, 1.807) is 0 Å². The number of benzene rings is 2. The average molecular weight is 477 g/mol. The summed E-state index contributed by atoms with van der Waals surface area (Å²) >= 11 is 3.62. The van der Waals surface area contributed by atoms with Crippen molar-refractivity contribution >= 4 is 62.9 Å². The smallest absolute Gasteiger partial charge is 0.264 e. The Morgan fingerprint density at radius 3 is 2.46 bits per heavy atom. The molecule has 0 atom stereocenters. The van der Waals surface area contributed by atoms with Crippen LogP contribution in [0, 0.1) is 3.57 Å². The van der Waals surface area contributed by atoms with Gasteiger partial charge in [-0.25, -0.2) is 4.99 Å². The maximum atomic E-state index is 12.2. The van der Waals surface area contributed by atoms with Crippen molar-refractivity contribution in [2.75, 3.05) is 18.0 Å². The molecule has 1 heterocycles. The monoisotopic (exact) mass is 477 g/mol. The Kier molecular flexibility index (Phi) is 6.37. The SMILES string of the molecule is CCN(CC)c1ccc(/C=C2/SC(=Nc3ccccc3I)NC2=O)cc1. The molecule has 1 saturated heterocycles. The molecule has 0 saturated carbocycles. The molecule has 134 valence electrons. The number of hydrogen-bond donors (Lipinski definition) is 1. The zero-order chi connectivity index (χ0) is 18.5. The van der Waals surface area contributed by atoms with Crippen LogP contribution in [0.3, 0.4) is 0 Å². The second-order valence-electron chi connectivity index (χ2n) is 5.70. The van der Waals surface area contributed by atoms with Crippen molar-refractivity contribution in [3.8, 4) is 0 Å². The number of hydrogen-bond acceptors (Lipinski definition) is 4. The second kappa shape index (κ2) is 8.73. The van der Waals surface area contributed by atoms with E-state index in [9.17, 15) is 4.79 Å². The molecule has 0 unspecified atom stereocenters. The molecule has 0 aromatic heterocycles. The Balaban J connectivity index is 1.77. The topological polar surface area (TPSA) is 44.7 Å². The van der Waals surface area contributed by atoms with E-state index in [1.807, 2.05) is 42.5 Å². The maximum Gasteiger partial charge on any atom is 0.264 e. The van der Waals surface area contributed by atoms with Gasteiger partial charge in [-0.05, 0) is 84.1 Å². The minimum atomic E-state index is -0.104. The van der Waals surface area contributed by atoms with Crippen LogP contribution in [-0.2, 0) is 4.79 Å². The molecule has 0 bridgehead atoms. The van der Waals surface area contributed by atoms with Gasteiger partial charge in [-0.2, -0.15) is 0 Å². The number of amides is 1. The van der Waals surface area contributed by atoms with Gasteiger partial charge in [0, 0.05) is 22.3 Å². The first-order chi connectivity index (χ1) is 12.6. The lowest BCUT2D eigenvalue weighted by Crippen LogP contribution is -2.21. The molecule has 2 aromatic rings. The lowest BCUT2D eigenvalue weighted by molar-refractivity contribution is -0.115. The van der Waals surface area contributed by atoms with Gasteiger partial charge in [0.25, 0.3) is 5.91 Å². The highest BCUT2D eigenvalue weighted by atomic mass is 127. The lowest BCUT2D eigenvalue weighted by atomic mass is 10.2. The van der Waals surface area contributed by atoms with Crippen molar-refractivity contribution in [2.24, 2.45) is 4.99 Å². The van der Waals surface area contributed by atoms with Crippen molar-refractivity contribution in [2.45, 2.75) is 13.8 Å². The van der Waals surface area contributed by atoms with E-state index in [1.165, 1.54) is 17.4 Å². The standard InChI is InChI=1S/C20H20IN3OS/c1-3-24(4-2)15-11-9-14(10-12-15)13-18-19(25)23-20(26-18)22-17-8-6-5-7-16(17)21/h5-13H,3-4H2,1-2H3,(H,22,23,25)/b18-13+. The Morgan fingerprint density at radius 2 is 1.81 bits per heavy atom. The van der Waals surface area contributed by atoms with E-state index in [-0.39, 0.29) is 5.91 Å². The minimum absolute atomic E-state index is 0.104. The molecule has 1 fully saturated rings. The number of amidine groups is 1. The summed E-state index contributed by atoms with van der Waals surface area (Å²) in [7, 11) is 0. The number of rotatable bonds is 5. The van der Waals surface area contributed by atoms with E-state index in [4.69, 9.17) is 0 Å². The zero-order valence-electron chi connectivity index (χ0n) is 14.7. The van der Waals surface area contributed by atoms with Crippen molar-refractivity contribution in [3.63, 3.8) is 0 Å². The van der Waals surface area contributed by atoms with Crippen molar-refractivity contribution < 1.29 is 4.79 Å². The summed E-state index contributed by atoms with van der Waals surface area (Å²) in [6.45, 7) is 6.25. The van der Waals surface area contributed by atoms with Gasteiger partial charge in [-0.1, -0.05) is 24.3 Å². The van der Waals surface area contributed by atoms with Crippen LogP contribution in [0.5, 0.6) is 0 Å². The van der Waals surface area contributed by atoms with Gasteiger partial charge in [0.1, 0.15) is 0 Å². The number of nitrogens with one attached hydrogen (secondary N) is 1. The first kappa shape index (κ1) is 19.0. The third kappa shape index (κ3) is 4.48. The number of anilines is 1. The fraction of sp³-hybridized carbons (Fsp3) is 0.200. The second-order valence-corrected chi connectivity index (χ2v) is 7.89. The van der Waals surface area contributed by atoms with Crippen molar-refractivity contribution in [1.29, 1.82) is 0 Å². The summed E-state index contributed by atoms with van der Waals surface area (Å²) in [6.07, 6.45) is 1.91. The zero-order valence-corrected chi connectivity index (χ0v) is 17.7. The van der Waals surface area contributed by atoms with Gasteiger partial charge in [0.05, 0.1) is 10.6 Å². The fourth-order valence-corrected chi connectivity index (χ4v) is 4.00. The van der Waals surface area contributed by atoms with E-state index < -0.39 is 0 Å². The van der Waals surface area contributed by atoms with Gasteiger partial charge in [0.2, 0.25) is 0 Å². The van der Waals surface area contributed by atoms with Gasteiger partial charge in [-0.3, -0.25) is 4.79 Å². The van der Waals surface area contributed by atoms with Gasteiger partial charge in [0.15, 0.2) is 5.17 Å². The summed E-state index contributed by atoms with van der Waals surface area (Å²) in [6, 6.07) is 16.1. The van der Waals surface area contributed by atoms with Crippen LogP contribution in [-0.4, -0.2) is 24.2 Å². The maximum absolute atomic E-state index is 12.2. The molecule has 0 aliphatic carbocycles. The lowest BCUT2D eigenvalue weighted by Gasteiger charge is -2.20.